The first-order valence-electron chi connectivity index (χ1n) is 8.51. The minimum atomic E-state index is -2.02. The second kappa shape index (κ2) is 6.19. The van der Waals surface area contributed by atoms with Crippen molar-refractivity contribution in [2.45, 2.75) is 65.8 Å². The Hall–Kier alpha value is -1.76. The van der Waals surface area contributed by atoms with Crippen molar-refractivity contribution in [3.8, 4) is 5.88 Å². The number of cyclic esters (lactones) is 1. The third-order valence-corrected chi connectivity index (χ3v) is 9.44. The number of hydrogen-bond acceptors (Lipinski definition) is 5. The van der Waals surface area contributed by atoms with Crippen molar-refractivity contribution >= 4 is 20.3 Å². The zero-order valence-corrected chi connectivity index (χ0v) is 17.4. The van der Waals surface area contributed by atoms with Crippen LogP contribution in [0.1, 0.15) is 50.7 Å². The van der Waals surface area contributed by atoms with Crippen molar-refractivity contribution in [1.82, 2.24) is 4.98 Å². The fraction of sp³-hybridized carbons (Fsp3) is 0.667. The number of hydrogen-bond donors (Lipinski definition) is 1. The highest BCUT2D eigenvalue weighted by molar-refractivity contribution is 6.74. The zero-order valence-electron chi connectivity index (χ0n) is 16.4. The summed E-state index contributed by atoms with van der Waals surface area (Å²) < 4.78 is 16.6. The Balaban J connectivity index is 2.17. The summed E-state index contributed by atoms with van der Waals surface area (Å²) in [7, 11) is -2.02. The number of carbonyl (C=O) groups is 2. The minimum absolute atomic E-state index is 0.0459. The summed E-state index contributed by atoms with van der Waals surface area (Å²) in [5.74, 6) is -0.510. The fourth-order valence-electron chi connectivity index (χ4n) is 2.32. The Labute approximate surface area is 150 Å². The van der Waals surface area contributed by atoms with Crippen molar-refractivity contribution in [2.24, 2.45) is 5.41 Å². The lowest BCUT2D eigenvalue weighted by molar-refractivity contribution is -0.145. The molecule has 2 rings (SSSR count). The summed E-state index contributed by atoms with van der Waals surface area (Å²) in [6.07, 6.45) is -0.896. The maximum Gasteiger partial charge on any atom is 0.355 e. The summed E-state index contributed by atoms with van der Waals surface area (Å²) in [5, 5.41) is 0.0459. The van der Waals surface area contributed by atoms with E-state index in [9.17, 15) is 9.59 Å². The van der Waals surface area contributed by atoms with Gasteiger partial charge in [0.25, 0.3) is 8.32 Å². The molecule has 0 unspecified atom stereocenters. The molecule has 2 heterocycles. The Kier molecular flexibility index (Phi) is 4.85. The number of ether oxygens (including phenoxy) is 2. The molecule has 0 spiro atoms. The van der Waals surface area contributed by atoms with Crippen molar-refractivity contribution in [3.63, 3.8) is 0 Å². The average Bonchev–Trinajstić information content (AvgIpc) is 2.91. The maximum absolute atomic E-state index is 12.5. The number of aromatic amines is 1. The summed E-state index contributed by atoms with van der Waals surface area (Å²) in [6, 6.07) is 1.80. The summed E-state index contributed by atoms with van der Waals surface area (Å²) in [6.45, 7) is 16.5. The molecule has 140 valence electrons. The summed E-state index contributed by atoms with van der Waals surface area (Å²) in [4.78, 5) is 27.4. The second-order valence-electron chi connectivity index (χ2n) is 8.94. The number of aromatic nitrogens is 1. The van der Waals surface area contributed by atoms with E-state index in [0.29, 0.717) is 11.6 Å². The molecule has 0 saturated carbocycles. The van der Waals surface area contributed by atoms with Gasteiger partial charge in [0.1, 0.15) is 12.3 Å². The van der Waals surface area contributed by atoms with Gasteiger partial charge in [-0.25, -0.2) is 9.59 Å². The number of nitrogens with one attached hydrogen (secondary N) is 1. The third kappa shape index (κ3) is 3.91. The van der Waals surface area contributed by atoms with E-state index in [4.69, 9.17) is 13.9 Å². The Morgan fingerprint density at radius 1 is 1.36 bits per heavy atom. The van der Waals surface area contributed by atoms with Gasteiger partial charge in [-0.15, -0.1) is 0 Å². The molecule has 0 aromatic carbocycles. The zero-order chi connectivity index (χ0) is 19.2. The standard InChI is InChI=1S/C18H29NO5Si/c1-11-9-12(24-25(7,8)17(2,3)4)19-13(11)15(20)23-14-16(21)22-10-18(14,5)6/h9,14,19H,10H2,1-8H3/t14-/m1/s1. The summed E-state index contributed by atoms with van der Waals surface area (Å²) >= 11 is 0. The molecule has 25 heavy (non-hydrogen) atoms. The molecule has 1 aliphatic rings. The Morgan fingerprint density at radius 3 is 2.44 bits per heavy atom. The van der Waals surface area contributed by atoms with Gasteiger partial charge in [-0.2, -0.15) is 0 Å². The van der Waals surface area contributed by atoms with E-state index in [0.717, 1.165) is 5.56 Å². The smallest absolute Gasteiger partial charge is 0.355 e. The van der Waals surface area contributed by atoms with Gasteiger partial charge in [0.15, 0.2) is 5.88 Å². The van der Waals surface area contributed by atoms with E-state index in [1.807, 2.05) is 20.8 Å². The first-order valence-corrected chi connectivity index (χ1v) is 11.4. The summed E-state index contributed by atoms with van der Waals surface area (Å²) in [5.41, 5.74) is 0.500. The lowest BCUT2D eigenvalue weighted by Crippen LogP contribution is -2.44. The van der Waals surface area contributed by atoms with Crippen LogP contribution in [0, 0.1) is 12.3 Å². The SMILES string of the molecule is Cc1cc(O[Si](C)(C)C(C)(C)C)[nH]c1C(=O)O[C@@H]1C(=O)OCC1(C)C. The van der Waals surface area contributed by atoms with Gasteiger partial charge in [-0.1, -0.05) is 34.6 Å². The quantitative estimate of drug-likeness (QED) is 0.647. The molecule has 1 N–H and O–H groups in total. The van der Waals surface area contributed by atoms with E-state index in [1.165, 1.54) is 0 Å². The highest BCUT2D eigenvalue weighted by Crippen LogP contribution is 2.37. The van der Waals surface area contributed by atoms with Crippen LogP contribution in [0.5, 0.6) is 5.88 Å². The van der Waals surface area contributed by atoms with Crippen LogP contribution in [0.25, 0.3) is 0 Å². The molecule has 1 aliphatic heterocycles. The number of carbonyl (C=O) groups excluding carboxylic acids is 2. The first-order chi connectivity index (χ1) is 11.2. The van der Waals surface area contributed by atoms with Crippen LogP contribution in [-0.4, -0.2) is 38.0 Å². The van der Waals surface area contributed by atoms with E-state index >= 15 is 0 Å². The molecule has 1 aromatic heterocycles. The number of rotatable bonds is 4. The minimum Gasteiger partial charge on any atom is -0.532 e. The molecule has 0 amide bonds. The predicted molar refractivity (Wildman–Crippen MR) is 97.3 cm³/mol. The van der Waals surface area contributed by atoms with Gasteiger partial charge in [0.05, 0.1) is 0 Å². The van der Waals surface area contributed by atoms with Gasteiger partial charge in [0, 0.05) is 11.5 Å². The average molecular weight is 368 g/mol. The molecule has 0 radical (unpaired) electrons. The first kappa shape index (κ1) is 19.6. The number of aryl methyl sites for hydroxylation is 1. The Morgan fingerprint density at radius 2 is 1.96 bits per heavy atom. The highest BCUT2D eigenvalue weighted by atomic mass is 28.4. The van der Waals surface area contributed by atoms with Crippen LogP contribution in [0.15, 0.2) is 6.07 Å². The van der Waals surface area contributed by atoms with Crippen LogP contribution < -0.4 is 4.43 Å². The van der Waals surface area contributed by atoms with Gasteiger partial charge in [-0.05, 0) is 30.6 Å². The molecule has 6 nitrogen and oxygen atoms in total. The molecule has 1 aromatic rings. The van der Waals surface area contributed by atoms with Crippen LogP contribution in [0.4, 0.5) is 0 Å². The van der Waals surface area contributed by atoms with E-state index < -0.39 is 31.8 Å². The van der Waals surface area contributed by atoms with Gasteiger partial charge >= 0.3 is 11.9 Å². The molecule has 1 atom stereocenters. The van der Waals surface area contributed by atoms with Crippen LogP contribution >= 0.6 is 0 Å². The van der Waals surface area contributed by atoms with Crippen molar-refractivity contribution in [3.05, 3.63) is 17.3 Å². The maximum atomic E-state index is 12.5. The number of H-pyrrole nitrogens is 1. The molecule has 1 saturated heterocycles. The Bertz CT molecular complexity index is 684. The molecule has 0 bridgehead atoms. The molecule has 7 heteroatoms. The van der Waals surface area contributed by atoms with E-state index in [2.05, 4.69) is 38.8 Å². The van der Waals surface area contributed by atoms with Crippen LogP contribution in [0.3, 0.4) is 0 Å². The predicted octanol–water partition coefficient (Wildman–Crippen LogP) is 3.82. The monoisotopic (exact) mass is 367 g/mol. The third-order valence-electron chi connectivity index (χ3n) is 5.10. The topological polar surface area (TPSA) is 77.6 Å². The van der Waals surface area contributed by atoms with Crippen molar-refractivity contribution in [1.29, 1.82) is 0 Å². The second-order valence-corrected chi connectivity index (χ2v) is 13.7. The highest BCUT2D eigenvalue weighted by Gasteiger charge is 2.47. The van der Waals surface area contributed by atoms with E-state index in [1.54, 1.807) is 6.07 Å². The van der Waals surface area contributed by atoms with Crippen molar-refractivity contribution < 1.29 is 23.5 Å². The van der Waals surface area contributed by atoms with Crippen LogP contribution in [0.2, 0.25) is 18.1 Å². The lowest BCUT2D eigenvalue weighted by atomic mass is 9.90. The molecule has 1 fully saturated rings. The van der Waals surface area contributed by atoms with Gasteiger partial charge in [0.2, 0.25) is 6.10 Å². The van der Waals surface area contributed by atoms with Crippen molar-refractivity contribution in [2.75, 3.05) is 6.61 Å². The van der Waals surface area contributed by atoms with Gasteiger partial charge in [-0.3, -0.25) is 0 Å². The molecule has 0 aliphatic carbocycles. The van der Waals surface area contributed by atoms with E-state index in [-0.39, 0.29) is 11.6 Å². The molecular formula is C18H29NO5Si. The number of esters is 2. The lowest BCUT2D eigenvalue weighted by Gasteiger charge is -2.35. The normalized spacial score (nSPS) is 20.3. The van der Waals surface area contributed by atoms with Gasteiger partial charge < -0.3 is 18.9 Å². The van der Waals surface area contributed by atoms with Crippen LogP contribution in [-0.2, 0) is 14.3 Å². The fourth-order valence-corrected chi connectivity index (χ4v) is 3.29. The largest absolute Gasteiger partial charge is 0.532 e. The molecular weight excluding hydrogens is 338 g/mol.